The van der Waals surface area contributed by atoms with E-state index in [0.717, 1.165) is 5.06 Å². The Labute approximate surface area is 128 Å². The SMILES string of the molecule is C/C(=N\O)C1(C)N(O)C(C)(C)C(c2ccc(Cl)cc2)=[N+]1[O-]. The molecule has 1 aromatic carbocycles. The zero-order chi connectivity index (χ0) is 16.0. The molecule has 0 bridgehead atoms. The van der Waals surface area contributed by atoms with Gasteiger partial charge >= 0.3 is 0 Å². The van der Waals surface area contributed by atoms with E-state index in [-0.39, 0.29) is 5.71 Å². The number of nitrogens with zero attached hydrogens (tertiary/aromatic N) is 3. The molecule has 2 N–H and O–H groups in total. The molecule has 0 aliphatic carbocycles. The van der Waals surface area contributed by atoms with Gasteiger partial charge < -0.3 is 15.6 Å². The molecule has 0 spiro atoms. The fraction of sp³-hybridized carbons (Fsp3) is 0.429. The van der Waals surface area contributed by atoms with E-state index >= 15 is 0 Å². The van der Waals surface area contributed by atoms with Crippen LogP contribution in [-0.4, -0.2) is 42.8 Å². The molecule has 0 radical (unpaired) electrons. The van der Waals surface area contributed by atoms with Gasteiger partial charge in [0.15, 0.2) is 0 Å². The van der Waals surface area contributed by atoms with Crippen LogP contribution in [0.4, 0.5) is 0 Å². The van der Waals surface area contributed by atoms with Crippen LogP contribution >= 0.6 is 11.6 Å². The summed E-state index contributed by atoms with van der Waals surface area (Å²) in [6.45, 7) is 6.42. The van der Waals surface area contributed by atoms with Gasteiger partial charge in [-0.1, -0.05) is 16.8 Å². The Bertz CT molecular complexity index is 625. The molecular formula is C14H18ClN3O3. The minimum Gasteiger partial charge on any atom is -0.622 e. The van der Waals surface area contributed by atoms with Crippen LogP contribution in [0.25, 0.3) is 0 Å². The van der Waals surface area contributed by atoms with E-state index in [1.54, 1.807) is 38.1 Å². The van der Waals surface area contributed by atoms with Crippen molar-refractivity contribution in [2.24, 2.45) is 5.16 Å². The molecule has 1 aliphatic rings. The number of rotatable bonds is 2. The predicted molar refractivity (Wildman–Crippen MR) is 80.2 cm³/mol. The Balaban J connectivity index is 2.70. The van der Waals surface area contributed by atoms with Gasteiger partial charge in [-0.25, -0.2) is 0 Å². The van der Waals surface area contributed by atoms with Crippen LogP contribution in [0.2, 0.25) is 5.02 Å². The van der Waals surface area contributed by atoms with Crippen molar-refractivity contribution in [1.29, 1.82) is 0 Å². The van der Waals surface area contributed by atoms with Crippen molar-refractivity contribution in [3.05, 3.63) is 40.1 Å². The third-order valence-corrected chi connectivity index (χ3v) is 4.33. The Morgan fingerprint density at radius 1 is 1.29 bits per heavy atom. The molecule has 0 fully saturated rings. The van der Waals surface area contributed by atoms with Crippen molar-refractivity contribution < 1.29 is 15.2 Å². The Morgan fingerprint density at radius 2 is 1.81 bits per heavy atom. The predicted octanol–water partition coefficient (Wildman–Crippen LogP) is 2.69. The van der Waals surface area contributed by atoms with Crippen molar-refractivity contribution in [2.45, 2.75) is 38.9 Å². The van der Waals surface area contributed by atoms with Crippen molar-refractivity contribution in [3.63, 3.8) is 0 Å². The summed E-state index contributed by atoms with van der Waals surface area (Å²) in [5.41, 5.74) is -1.33. The molecule has 1 heterocycles. The fourth-order valence-electron chi connectivity index (χ4n) is 2.67. The summed E-state index contributed by atoms with van der Waals surface area (Å²) in [5.74, 6) is 0. The van der Waals surface area contributed by atoms with E-state index in [2.05, 4.69) is 5.16 Å². The van der Waals surface area contributed by atoms with Gasteiger partial charge in [0, 0.05) is 17.5 Å². The third-order valence-electron chi connectivity index (χ3n) is 4.07. The Morgan fingerprint density at radius 3 is 2.29 bits per heavy atom. The summed E-state index contributed by atoms with van der Waals surface area (Å²) in [4.78, 5) is 0. The standard InChI is InChI=1S/C14H18ClN3O3/c1-9(16-19)14(4)17(20)12(13(2,3)18(14)21)10-5-7-11(15)8-6-10/h5-8,19,21H,1-4H3/b16-9+. The highest BCUT2D eigenvalue weighted by Gasteiger charge is 2.61. The normalized spacial score (nSPS) is 26.5. The molecule has 2 rings (SSSR count). The van der Waals surface area contributed by atoms with Crippen LogP contribution in [-0.2, 0) is 0 Å². The van der Waals surface area contributed by atoms with Crippen LogP contribution in [0, 0.1) is 5.21 Å². The van der Waals surface area contributed by atoms with Crippen molar-refractivity contribution in [1.82, 2.24) is 5.06 Å². The highest BCUT2D eigenvalue weighted by Crippen LogP contribution is 2.36. The molecule has 0 saturated heterocycles. The molecular weight excluding hydrogens is 294 g/mol. The first-order chi connectivity index (χ1) is 9.67. The summed E-state index contributed by atoms with van der Waals surface area (Å²) < 4.78 is 0.672. The second-order valence-electron chi connectivity index (χ2n) is 5.73. The summed E-state index contributed by atoms with van der Waals surface area (Å²) in [5, 5.41) is 36.9. The molecule has 1 unspecified atom stereocenters. The van der Waals surface area contributed by atoms with Crippen molar-refractivity contribution >= 4 is 23.0 Å². The smallest absolute Gasteiger partial charge is 0.290 e. The van der Waals surface area contributed by atoms with Gasteiger partial charge in [0.1, 0.15) is 11.3 Å². The quantitative estimate of drug-likeness (QED) is 0.289. The van der Waals surface area contributed by atoms with Gasteiger partial charge in [-0.2, -0.15) is 4.74 Å². The number of hydrogen-bond donors (Lipinski definition) is 2. The lowest BCUT2D eigenvalue weighted by Gasteiger charge is -2.32. The lowest BCUT2D eigenvalue weighted by Crippen LogP contribution is -2.57. The van der Waals surface area contributed by atoms with Gasteiger partial charge in [0.2, 0.25) is 5.71 Å². The van der Waals surface area contributed by atoms with Crippen LogP contribution in [0.15, 0.2) is 29.4 Å². The van der Waals surface area contributed by atoms with Gasteiger partial charge in [-0.05, 0) is 45.0 Å². The molecule has 0 amide bonds. The summed E-state index contributed by atoms with van der Waals surface area (Å²) in [6, 6.07) is 6.79. The molecule has 1 atom stereocenters. The van der Waals surface area contributed by atoms with Crippen LogP contribution in [0.1, 0.15) is 33.3 Å². The first-order valence-corrected chi connectivity index (χ1v) is 6.84. The second kappa shape index (κ2) is 4.98. The molecule has 21 heavy (non-hydrogen) atoms. The number of oxime groups is 1. The van der Waals surface area contributed by atoms with E-state index in [4.69, 9.17) is 16.8 Å². The van der Waals surface area contributed by atoms with Gasteiger partial charge in [-0.3, -0.25) is 0 Å². The molecule has 0 aromatic heterocycles. The summed E-state index contributed by atoms with van der Waals surface area (Å²) in [7, 11) is 0. The monoisotopic (exact) mass is 311 g/mol. The maximum Gasteiger partial charge on any atom is 0.290 e. The van der Waals surface area contributed by atoms with E-state index in [1.807, 2.05) is 0 Å². The molecule has 1 aliphatic heterocycles. The van der Waals surface area contributed by atoms with Crippen LogP contribution in [0.3, 0.4) is 0 Å². The summed E-state index contributed by atoms with van der Waals surface area (Å²) in [6.07, 6.45) is 0. The van der Waals surface area contributed by atoms with E-state index in [0.29, 0.717) is 21.0 Å². The van der Waals surface area contributed by atoms with Crippen molar-refractivity contribution in [2.75, 3.05) is 0 Å². The average molecular weight is 312 g/mol. The van der Waals surface area contributed by atoms with Gasteiger partial charge in [0.05, 0.1) is 0 Å². The van der Waals surface area contributed by atoms with Crippen LogP contribution < -0.4 is 0 Å². The highest BCUT2D eigenvalue weighted by molar-refractivity contribution is 6.30. The number of halogens is 1. The van der Waals surface area contributed by atoms with E-state index < -0.39 is 11.2 Å². The molecule has 7 heteroatoms. The lowest BCUT2D eigenvalue weighted by molar-refractivity contribution is -0.560. The Kier molecular flexibility index (Phi) is 3.73. The number of hydroxylamine groups is 3. The third kappa shape index (κ3) is 2.10. The lowest BCUT2D eigenvalue weighted by atomic mass is 9.92. The molecule has 1 aromatic rings. The van der Waals surface area contributed by atoms with Gasteiger partial charge in [-0.15, -0.1) is 5.06 Å². The summed E-state index contributed by atoms with van der Waals surface area (Å²) >= 11 is 5.87. The number of hydrogen-bond acceptors (Lipinski definition) is 5. The topological polar surface area (TPSA) is 82.1 Å². The molecule has 0 saturated carbocycles. The van der Waals surface area contributed by atoms with Crippen LogP contribution in [0.5, 0.6) is 0 Å². The first kappa shape index (κ1) is 15.8. The zero-order valence-electron chi connectivity index (χ0n) is 12.3. The minimum atomic E-state index is -1.48. The number of benzene rings is 1. The van der Waals surface area contributed by atoms with Crippen molar-refractivity contribution in [3.8, 4) is 0 Å². The zero-order valence-corrected chi connectivity index (χ0v) is 13.1. The highest BCUT2D eigenvalue weighted by atomic mass is 35.5. The maximum atomic E-state index is 12.8. The first-order valence-electron chi connectivity index (χ1n) is 6.46. The molecule has 114 valence electrons. The fourth-order valence-corrected chi connectivity index (χ4v) is 2.80. The van der Waals surface area contributed by atoms with Gasteiger partial charge in [0.25, 0.3) is 5.66 Å². The van der Waals surface area contributed by atoms with E-state index in [1.165, 1.54) is 13.8 Å². The van der Waals surface area contributed by atoms with E-state index in [9.17, 15) is 10.4 Å². The minimum absolute atomic E-state index is 0.0945. The largest absolute Gasteiger partial charge is 0.622 e. The average Bonchev–Trinajstić information content (AvgIpc) is 2.58. The molecule has 6 nitrogen and oxygen atoms in total. The second-order valence-corrected chi connectivity index (χ2v) is 6.16. The Hall–Kier alpha value is -1.63. The maximum absolute atomic E-state index is 12.8.